The van der Waals surface area contributed by atoms with Crippen LogP contribution in [0.4, 0.5) is 5.69 Å². The van der Waals surface area contributed by atoms with Crippen molar-refractivity contribution in [3.63, 3.8) is 0 Å². The average Bonchev–Trinajstić information content (AvgIpc) is 3.06. The number of halogens is 2. The number of para-hydroxylation sites is 1. The van der Waals surface area contributed by atoms with Crippen LogP contribution in [0.1, 0.15) is 16.7 Å². The highest BCUT2D eigenvalue weighted by Gasteiger charge is 2.34. The van der Waals surface area contributed by atoms with Gasteiger partial charge in [0.1, 0.15) is 6.61 Å². The van der Waals surface area contributed by atoms with E-state index in [1.807, 2.05) is 43.3 Å². The lowest BCUT2D eigenvalue weighted by atomic mass is 10.1. The zero-order valence-electron chi connectivity index (χ0n) is 17.9. The number of carbonyl (C=O) groups is 1. The van der Waals surface area contributed by atoms with Gasteiger partial charge in [-0.1, -0.05) is 53.5 Å². The van der Waals surface area contributed by atoms with Crippen molar-refractivity contribution >= 4 is 57.8 Å². The molecule has 0 atom stereocenters. The van der Waals surface area contributed by atoms with E-state index in [0.29, 0.717) is 32.1 Å². The van der Waals surface area contributed by atoms with Crippen molar-refractivity contribution in [1.82, 2.24) is 0 Å². The standard InChI is InChI=1S/C25H20Cl2N2O3S/c1-15-5-3-4-6-20(15)29-24(30)23(33-25(29)28)12-16-7-10-21(22(11-16)31-2)32-14-17-8-9-18(26)13-19(17)27/h3-13,28H,14H2,1-2H3/b23-12-,28-25?. The van der Waals surface area contributed by atoms with E-state index >= 15 is 0 Å². The number of thioether (sulfide) groups is 1. The zero-order valence-corrected chi connectivity index (χ0v) is 20.2. The molecular weight excluding hydrogens is 479 g/mol. The molecule has 0 aromatic heterocycles. The largest absolute Gasteiger partial charge is 0.493 e. The van der Waals surface area contributed by atoms with Crippen molar-refractivity contribution in [3.05, 3.63) is 92.3 Å². The molecule has 5 nitrogen and oxygen atoms in total. The lowest BCUT2D eigenvalue weighted by Gasteiger charge is -2.16. The maximum atomic E-state index is 13.0. The van der Waals surface area contributed by atoms with Crippen molar-refractivity contribution in [2.75, 3.05) is 12.0 Å². The number of rotatable bonds is 6. The summed E-state index contributed by atoms with van der Waals surface area (Å²) in [5.74, 6) is 0.844. The summed E-state index contributed by atoms with van der Waals surface area (Å²) in [6.07, 6.45) is 1.75. The molecule has 4 rings (SSSR count). The van der Waals surface area contributed by atoms with Crippen molar-refractivity contribution in [3.8, 4) is 11.5 Å². The number of benzene rings is 3. The monoisotopic (exact) mass is 498 g/mol. The summed E-state index contributed by atoms with van der Waals surface area (Å²) >= 11 is 13.3. The summed E-state index contributed by atoms with van der Waals surface area (Å²) in [6, 6.07) is 18.2. The smallest absolute Gasteiger partial charge is 0.271 e. The predicted octanol–water partition coefficient (Wildman–Crippen LogP) is 6.95. The van der Waals surface area contributed by atoms with Crippen LogP contribution >= 0.6 is 35.0 Å². The molecule has 33 heavy (non-hydrogen) atoms. The molecule has 0 spiro atoms. The number of carbonyl (C=O) groups excluding carboxylic acids is 1. The van der Waals surface area contributed by atoms with Crippen LogP contribution in [0.15, 0.2) is 65.6 Å². The predicted molar refractivity (Wildman–Crippen MR) is 136 cm³/mol. The number of anilines is 1. The topological polar surface area (TPSA) is 62.6 Å². The van der Waals surface area contributed by atoms with Gasteiger partial charge in [0, 0.05) is 15.6 Å². The average molecular weight is 499 g/mol. The van der Waals surface area contributed by atoms with Gasteiger partial charge in [0.15, 0.2) is 16.7 Å². The first-order valence-electron chi connectivity index (χ1n) is 10.0. The van der Waals surface area contributed by atoms with E-state index in [1.54, 1.807) is 37.5 Å². The van der Waals surface area contributed by atoms with Crippen LogP contribution in [0.2, 0.25) is 10.0 Å². The van der Waals surface area contributed by atoms with Crippen molar-refractivity contribution in [2.24, 2.45) is 0 Å². The van der Waals surface area contributed by atoms with E-state index < -0.39 is 0 Å². The number of methoxy groups -OCH3 is 1. The molecule has 0 bridgehead atoms. The van der Waals surface area contributed by atoms with Crippen molar-refractivity contribution in [1.29, 1.82) is 5.41 Å². The van der Waals surface area contributed by atoms with Gasteiger partial charge in [-0.25, -0.2) is 0 Å². The molecule has 1 N–H and O–H groups in total. The molecule has 0 saturated carbocycles. The highest BCUT2D eigenvalue weighted by molar-refractivity contribution is 8.19. The zero-order chi connectivity index (χ0) is 23.5. The minimum absolute atomic E-state index is 0.173. The van der Waals surface area contributed by atoms with Gasteiger partial charge in [-0.15, -0.1) is 0 Å². The summed E-state index contributed by atoms with van der Waals surface area (Å²) < 4.78 is 11.4. The van der Waals surface area contributed by atoms with Crippen LogP contribution in [-0.2, 0) is 11.4 Å². The van der Waals surface area contributed by atoms with Gasteiger partial charge < -0.3 is 9.47 Å². The molecule has 1 fully saturated rings. The van der Waals surface area contributed by atoms with E-state index in [2.05, 4.69) is 0 Å². The second kappa shape index (κ2) is 9.91. The highest BCUT2D eigenvalue weighted by Crippen LogP contribution is 2.37. The SMILES string of the molecule is COc1cc(/C=C2\SC(=N)N(c3ccccc3C)C2=O)ccc1OCc1ccc(Cl)cc1Cl. The lowest BCUT2D eigenvalue weighted by molar-refractivity contribution is -0.113. The molecule has 1 aliphatic heterocycles. The fraction of sp³-hybridized carbons (Fsp3) is 0.120. The van der Waals surface area contributed by atoms with Gasteiger partial charge in [-0.05, 0) is 66.2 Å². The van der Waals surface area contributed by atoms with E-state index in [-0.39, 0.29) is 17.7 Å². The van der Waals surface area contributed by atoms with Gasteiger partial charge in [-0.2, -0.15) is 0 Å². The third kappa shape index (κ3) is 5.03. The molecule has 0 radical (unpaired) electrons. The molecular formula is C25H20Cl2N2O3S. The summed E-state index contributed by atoms with van der Waals surface area (Å²) in [7, 11) is 1.56. The maximum Gasteiger partial charge on any atom is 0.271 e. The van der Waals surface area contributed by atoms with Gasteiger partial charge >= 0.3 is 0 Å². The van der Waals surface area contributed by atoms with E-state index in [1.165, 1.54) is 4.90 Å². The first-order chi connectivity index (χ1) is 15.9. The first-order valence-corrected chi connectivity index (χ1v) is 11.6. The molecule has 1 amide bonds. The maximum absolute atomic E-state index is 13.0. The van der Waals surface area contributed by atoms with Gasteiger partial charge in [-0.3, -0.25) is 15.1 Å². The summed E-state index contributed by atoms with van der Waals surface area (Å²) in [5, 5.41) is 9.57. The van der Waals surface area contributed by atoms with Crippen LogP contribution in [0.3, 0.4) is 0 Å². The van der Waals surface area contributed by atoms with Crippen LogP contribution in [0.5, 0.6) is 11.5 Å². The van der Waals surface area contributed by atoms with Crippen molar-refractivity contribution in [2.45, 2.75) is 13.5 Å². The van der Waals surface area contributed by atoms with Crippen LogP contribution in [0.25, 0.3) is 6.08 Å². The first kappa shape index (κ1) is 23.2. The summed E-state index contributed by atoms with van der Waals surface area (Å²) in [6.45, 7) is 2.17. The number of amides is 1. The Bertz CT molecular complexity index is 1280. The fourth-order valence-corrected chi connectivity index (χ4v) is 4.68. The third-order valence-corrected chi connectivity index (χ3v) is 6.54. The number of nitrogens with one attached hydrogen (secondary N) is 1. The third-order valence-electron chi connectivity index (χ3n) is 5.06. The van der Waals surface area contributed by atoms with Gasteiger partial charge in [0.25, 0.3) is 5.91 Å². The highest BCUT2D eigenvalue weighted by atomic mass is 35.5. The lowest BCUT2D eigenvalue weighted by Crippen LogP contribution is -2.28. The second-order valence-electron chi connectivity index (χ2n) is 7.28. The van der Waals surface area contributed by atoms with Gasteiger partial charge in [0.05, 0.1) is 17.7 Å². The number of aryl methyl sites for hydroxylation is 1. The Morgan fingerprint density at radius 3 is 2.58 bits per heavy atom. The molecule has 1 heterocycles. The Balaban J connectivity index is 1.54. The molecule has 0 unspecified atom stereocenters. The van der Waals surface area contributed by atoms with E-state index in [0.717, 1.165) is 28.5 Å². The molecule has 168 valence electrons. The number of amidine groups is 1. The Morgan fingerprint density at radius 2 is 1.85 bits per heavy atom. The Labute approximate surface area is 206 Å². The molecule has 3 aromatic carbocycles. The number of nitrogens with zero attached hydrogens (tertiary/aromatic N) is 1. The van der Waals surface area contributed by atoms with E-state index in [4.69, 9.17) is 38.1 Å². The minimum atomic E-state index is -0.226. The van der Waals surface area contributed by atoms with E-state index in [9.17, 15) is 4.79 Å². The summed E-state index contributed by atoms with van der Waals surface area (Å²) in [4.78, 5) is 14.9. The number of hydrogen-bond donors (Lipinski definition) is 1. The van der Waals surface area contributed by atoms with Gasteiger partial charge in [0.2, 0.25) is 0 Å². The Kier molecular flexibility index (Phi) is 6.98. The quantitative estimate of drug-likeness (QED) is 0.373. The number of ether oxygens (including phenoxy) is 2. The van der Waals surface area contributed by atoms with Crippen LogP contribution in [-0.4, -0.2) is 18.2 Å². The normalized spacial score (nSPS) is 14.8. The van der Waals surface area contributed by atoms with Crippen molar-refractivity contribution < 1.29 is 14.3 Å². The molecule has 1 aliphatic rings. The number of hydrogen-bond acceptors (Lipinski definition) is 5. The second-order valence-corrected chi connectivity index (χ2v) is 9.15. The fourth-order valence-electron chi connectivity index (χ4n) is 3.36. The van der Waals surface area contributed by atoms with Crippen LogP contribution < -0.4 is 14.4 Å². The molecule has 1 saturated heterocycles. The Morgan fingerprint density at radius 1 is 1.06 bits per heavy atom. The van der Waals surface area contributed by atoms with Crippen LogP contribution in [0, 0.1) is 12.3 Å². The Hall–Kier alpha value is -2.93. The molecule has 0 aliphatic carbocycles. The minimum Gasteiger partial charge on any atom is -0.493 e. The molecule has 8 heteroatoms. The summed E-state index contributed by atoms with van der Waals surface area (Å²) in [5.41, 5.74) is 3.21. The molecule has 3 aromatic rings.